The van der Waals surface area contributed by atoms with Crippen molar-refractivity contribution in [1.29, 1.82) is 0 Å². The van der Waals surface area contributed by atoms with Crippen LogP contribution in [0.3, 0.4) is 0 Å². The third-order valence-corrected chi connectivity index (χ3v) is 7.06. The summed E-state index contributed by atoms with van der Waals surface area (Å²) < 4.78 is 14.9. The van der Waals surface area contributed by atoms with E-state index in [9.17, 15) is 19.5 Å². The van der Waals surface area contributed by atoms with Gasteiger partial charge in [-0.15, -0.1) is 0 Å². The lowest BCUT2D eigenvalue weighted by Crippen LogP contribution is -2.35. The Hall–Kier alpha value is -3.62. The molecular weight excluding hydrogens is 486 g/mol. The van der Waals surface area contributed by atoms with Crippen LogP contribution in [-0.4, -0.2) is 44.6 Å². The molecule has 0 saturated carbocycles. The van der Waals surface area contributed by atoms with Crippen molar-refractivity contribution < 1.29 is 24.2 Å². The maximum atomic E-state index is 12.7. The molecule has 0 fully saturated rings. The average molecular weight is 524 g/mol. The molecule has 1 N–H and O–H groups in total. The van der Waals surface area contributed by atoms with Crippen molar-refractivity contribution in [2.75, 3.05) is 13.2 Å². The summed E-state index contributed by atoms with van der Waals surface area (Å²) in [5.41, 5.74) is 1.23. The van der Waals surface area contributed by atoms with Gasteiger partial charge in [-0.25, -0.2) is 4.79 Å². The van der Waals surface area contributed by atoms with Gasteiger partial charge in [0.25, 0.3) is 0 Å². The second kappa shape index (κ2) is 11.4. The van der Waals surface area contributed by atoms with Crippen LogP contribution in [0.4, 0.5) is 0 Å². The zero-order chi connectivity index (χ0) is 27.4. The molecule has 1 aliphatic rings. The number of carbonyl (C=O) groups is 2. The SMILES string of the molecule is CCOC(=O)CCCCCCCOc1cccc2c3n(nc12)C[C@@H](C(C)(C)C)n1cc(C(=O)O)c(=O)cc1-3. The molecule has 3 heterocycles. The Labute approximate surface area is 222 Å². The molecule has 0 radical (unpaired) electrons. The predicted octanol–water partition coefficient (Wildman–Crippen LogP) is 5.45. The number of pyridine rings is 1. The van der Waals surface area contributed by atoms with Crippen LogP contribution in [0.25, 0.3) is 22.3 Å². The topological polar surface area (TPSA) is 113 Å². The normalized spacial score (nSPS) is 14.7. The average Bonchev–Trinajstić information content (AvgIpc) is 3.24. The Morgan fingerprint density at radius 2 is 1.87 bits per heavy atom. The first-order valence-electron chi connectivity index (χ1n) is 13.4. The molecule has 0 saturated heterocycles. The van der Waals surface area contributed by atoms with Gasteiger partial charge in [0.05, 0.1) is 37.2 Å². The molecule has 38 heavy (non-hydrogen) atoms. The van der Waals surface area contributed by atoms with E-state index in [0.717, 1.165) is 48.7 Å². The summed E-state index contributed by atoms with van der Waals surface area (Å²) in [7, 11) is 0. The molecule has 4 rings (SSSR count). The number of rotatable bonds is 11. The zero-order valence-electron chi connectivity index (χ0n) is 22.7. The number of aromatic nitrogens is 3. The van der Waals surface area contributed by atoms with Gasteiger partial charge in [-0.05, 0) is 31.2 Å². The third-order valence-electron chi connectivity index (χ3n) is 7.06. The predicted molar refractivity (Wildman–Crippen MR) is 145 cm³/mol. The van der Waals surface area contributed by atoms with Crippen LogP contribution in [-0.2, 0) is 16.1 Å². The molecule has 1 aliphatic heterocycles. The smallest absolute Gasteiger partial charge is 0.341 e. The molecule has 2 aromatic heterocycles. The lowest BCUT2D eigenvalue weighted by Gasteiger charge is -2.38. The van der Waals surface area contributed by atoms with E-state index in [1.165, 1.54) is 12.3 Å². The second-order valence-electron chi connectivity index (χ2n) is 10.9. The molecule has 3 aromatic rings. The fourth-order valence-electron chi connectivity index (χ4n) is 5.06. The fraction of sp³-hybridized carbons (Fsp3) is 0.517. The van der Waals surface area contributed by atoms with E-state index < -0.39 is 11.4 Å². The van der Waals surface area contributed by atoms with E-state index in [4.69, 9.17) is 14.6 Å². The van der Waals surface area contributed by atoms with Gasteiger partial charge in [0.1, 0.15) is 16.8 Å². The van der Waals surface area contributed by atoms with E-state index in [1.54, 1.807) is 0 Å². The molecule has 0 bridgehead atoms. The fourth-order valence-corrected chi connectivity index (χ4v) is 5.06. The molecule has 1 aromatic carbocycles. The Kier molecular flexibility index (Phi) is 8.23. The van der Waals surface area contributed by atoms with Crippen molar-refractivity contribution in [2.45, 2.75) is 78.8 Å². The minimum Gasteiger partial charge on any atom is -0.491 e. The number of hydrogen-bond donors (Lipinski definition) is 1. The van der Waals surface area contributed by atoms with Gasteiger partial charge in [0.2, 0.25) is 0 Å². The zero-order valence-corrected chi connectivity index (χ0v) is 22.7. The van der Waals surface area contributed by atoms with Gasteiger partial charge < -0.3 is 19.1 Å². The third kappa shape index (κ3) is 5.76. The van der Waals surface area contributed by atoms with Crippen LogP contribution in [0.2, 0.25) is 0 Å². The highest BCUT2D eigenvalue weighted by molar-refractivity contribution is 5.96. The van der Waals surface area contributed by atoms with E-state index in [-0.39, 0.29) is 23.0 Å². The summed E-state index contributed by atoms with van der Waals surface area (Å²) in [6.45, 7) is 9.64. The first-order valence-corrected chi connectivity index (χ1v) is 13.4. The number of carbonyl (C=O) groups excluding carboxylic acids is 1. The molecule has 0 unspecified atom stereocenters. The van der Waals surface area contributed by atoms with Crippen LogP contribution in [0, 0.1) is 5.41 Å². The first kappa shape index (κ1) is 27.4. The van der Waals surface area contributed by atoms with E-state index >= 15 is 0 Å². The largest absolute Gasteiger partial charge is 0.491 e. The Morgan fingerprint density at radius 3 is 2.58 bits per heavy atom. The van der Waals surface area contributed by atoms with Crippen LogP contribution < -0.4 is 10.2 Å². The number of esters is 1. The number of benzene rings is 1. The van der Waals surface area contributed by atoms with Crippen molar-refractivity contribution in [3.63, 3.8) is 0 Å². The van der Waals surface area contributed by atoms with Crippen LogP contribution in [0.1, 0.15) is 82.6 Å². The first-order chi connectivity index (χ1) is 18.1. The summed E-state index contributed by atoms with van der Waals surface area (Å²) in [6.07, 6.45) is 6.71. The highest BCUT2D eigenvalue weighted by atomic mass is 16.5. The van der Waals surface area contributed by atoms with Crippen molar-refractivity contribution in [2.24, 2.45) is 5.41 Å². The van der Waals surface area contributed by atoms with E-state index in [2.05, 4.69) is 20.8 Å². The lowest BCUT2D eigenvalue weighted by molar-refractivity contribution is -0.143. The molecule has 204 valence electrons. The minimum atomic E-state index is -1.23. The monoisotopic (exact) mass is 523 g/mol. The number of hydrogen-bond acceptors (Lipinski definition) is 6. The number of fused-ring (bicyclic) bond motifs is 5. The highest BCUT2D eigenvalue weighted by Crippen LogP contribution is 2.43. The van der Waals surface area contributed by atoms with Crippen LogP contribution in [0.15, 0.2) is 35.3 Å². The summed E-state index contributed by atoms with van der Waals surface area (Å²) in [5, 5.41) is 15.3. The molecule has 0 aliphatic carbocycles. The van der Waals surface area contributed by atoms with Gasteiger partial charge in [-0.3, -0.25) is 14.3 Å². The van der Waals surface area contributed by atoms with Crippen molar-refractivity contribution in [1.82, 2.24) is 14.3 Å². The van der Waals surface area contributed by atoms with E-state index in [0.29, 0.717) is 37.6 Å². The van der Waals surface area contributed by atoms with Gasteiger partial charge >= 0.3 is 11.9 Å². The Morgan fingerprint density at radius 1 is 1.13 bits per heavy atom. The molecule has 0 amide bonds. The highest BCUT2D eigenvalue weighted by Gasteiger charge is 2.35. The summed E-state index contributed by atoms with van der Waals surface area (Å²) in [4.78, 5) is 35.8. The van der Waals surface area contributed by atoms with Crippen molar-refractivity contribution in [3.8, 4) is 17.1 Å². The summed E-state index contributed by atoms with van der Waals surface area (Å²) in [6, 6.07) is 7.11. The van der Waals surface area contributed by atoms with Gasteiger partial charge in [0.15, 0.2) is 5.43 Å². The molecule has 9 nitrogen and oxygen atoms in total. The van der Waals surface area contributed by atoms with Crippen molar-refractivity contribution in [3.05, 3.63) is 46.2 Å². The standard InChI is InChI=1S/C29H37N3O6/c1-5-37-25(34)14-9-7-6-8-10-15-38-23-13-11-12-19-26(23)30-32-18-24(29(2,3)4)31-17-20(28(35)36)22(33)16-21(31)27(19)32/h11-13,16-17,24H,5-10,14-15,18H2,1-4H3,(H,35,36)/t24-/m0/s1. The summed E-state index contributed by atoms with van der Waals surface area (Å²) >= 11 is 0. The quantitative estimate of drug-likeness (QED) is 0.263. The van der Waals surface area contributed by atoms with E-state index in [1.807, 2.05) is 34.4 Å². The van der Waals surface area contributed by atoms with Gasteiger partial charge in [-0.1, -0.05) is 52.2 Å². The maximum absolute atomic E-state index is 12.7. The van der Waals surface area contributed by atoms with Crippen LogP contribution >= 0.6 is 0 Å². The number of unbranched alkanes of at least 4 members (excludes halogenated alkanes) is 4. The Bertz CT molecular complexity index is 1380. The number of ether oxygens (including phenoxy) is 2. The Balaban J connectivity index is 1.51. The number of aromatic carboxylic acids is 1. The van der Waals surface area contributed by atoms with Crippen LogP contribution in [0.5, 0.6) is 5.75 Å². The summed E-state index contributed by atoms with van der Waals surface area (Å²) in [5.74, 6) is -0.665. The molecule has 1 atom stereocenters. The lowest BCUT2D eigenvalue weighted by atomic mass is 9.85. The second-order valence-corrected chi connectivity index (χ2v) is 10.9. The molecular formula is C29H37N3O6. The van der Waals surface area contributed by atoms with Gasteiger partial charge in [-0.2, -0.15) is 5.10 Å². The molecule has 0 spiro atoms. The van der Waals surface area contributed by atoms with Gasteiger partial charge in [0, 0.05) is 24.1 Å². The maximum Gasteiger partial charge on any atom is 0.341 e. The minimum absolute atomic E-state index is 0.0915. The number of carboxylic acids is 1. The van der Waals surface area contributed by atoms with Crippen molar-refractivity contribution >= 4 is 22.8 Å². The number of nitrogens with zero attached hydrogens (tertiary/aromatic N) is 3. The molecule has 9 heteroatoms. The number of carboxylic acid groups (broad SMARTS) is 1.